The monoisotopic (exact) mass is 353 g/mol. The van der Waals surface area contributed by atoms with Crippen LogP contribution in [0, 0.1) is 23.3 Å². The van der Waals surface area contributed by atoms with E-state index in [-0.39, 0.29) is 24.2 Å². The molecule has 0 spiro atoms. The van der Waals surface area contributed by atoms with Gasteiger partial charge in [0.15, 0.2) is 0 Å². The first kappa shape index (κ1) is 16.4. The first-order chi connectivity index (χ1) is 11.6. The fraction of sp³-hybridized carbons (Fsp3) is 0.125. The van der Waals surface area contributed by atoms with Crippen LogP contribution in [0.1, 0.15) is 11.1 Å². The first-order valence-electron chi connectivity index (χ1n) is 6.93. The van der Waals surface area contributed by atoms with Crippen molar-refractivity contribution < 1.29 is 17.6 Å². The minimum absolute atomic E-state index is 0.204. The van der Waals surface area contributed by atoms with Gasteiger partial charge in [0.25, 0.3) is 0 Å². The molecule has 0 atom stereocenters. The largest absolute Gasteiger partial charge is 0.338 e. The van der Waals surface area contributed by atoms with E-state index in [0.717, 1.165) is 35.6 Å². The van der Waals surface area contributed by atoms with Crippen molar-refractivity contribution in [2.24, 2.45) is 0 Å². The van der Waals surface area contributed by atoms with Crippen molar-refractivity contribution in [3.8, 4) is 0 Å². The molecule has 0 unspecified atom stereocenters. The van der Waals surface area contributed by atoms with Crippen molar-refractivity contribution in [3.05, 3.63) is 76.3 Å². The minimum atomic E-state index is -0.737. The second-order valence-corrected chi connectivity index (χ2v) is 5.79. The Labute approximate surface area is 139 Å². The quantitative estimate of drug-likeness (QED) is 0.641. The highest BCUT2D eigenvalue weighted by Crippen LogP contribution is 2.25. The highest BCUT2D eigenvalue weighted by Gasteiger charge is 2.20. The van der Waals surface area contributed by atoms with E-state index in [4.69, 9.17) is 0 Å². The molecule has 3 nitrogen and oxygen atoms in total. The van der Waals surface area contributed by atoms with Gasteiger partial charge in [-0.2, -0.15) is 0 Å². The summed E-state index contributed by atoms with van der Waals surface area (Å²) >= 11 is 1.11. The van der Waals surface area contributed by atoms with E-state index in [0.29, 0.717) is 5.13 Å². The van der Waals surface area contributed by atoms with Crippen LogP contribution in [0.4, 0.5) is 22.7 Å². The molecule has 124 valence electrons. The first-order valence-corrected chi connectivity index (χ1v) is 7.81. The predicted molar refractivity (Wildman–Crippen MR) is 82.5 cm³/mol. The molecule has 0 N–H and O–H groups in total. The average Bonchev–Trinajstić information content (AvgIpc) is 3.07. The topological polar surface area (TPSA) is 29.0 Å². The molecule has 0 saturated carbocycles. The second kappa shape index (κ2) is 6.96. The maximum absolute atomic E-state index is 13.9. The van der Waals surface area contributed by atoms with Crippen LogP contribution in [0.2, 0.25) is 0 Å². The van der Waals surface area contributed by atoms with Crippen LogP contribution in [-0.2, 0) is 13.1 Å². The molecule has 1 aromatic heterocycles. The number of anilines is 1. The lowest BCUT2D eigenvalue weighted by Gasteiger charge is -2.22. The predicted octanol–water partition coefficient (Wildman–Crippen LogP) is 4.30. The van der Waals surface area contributed by atoms with Crippen LogP contribution < -0.4 is 4.90 Å². The summed E-state index contributed by atoms with van der Waals surface area (Å²) in [6.45, 7) is -0.469. The van der Waals surface area contributed by atoms with Gasteiger partial charge in [0.05, 0.1) is 13.1 Å². The van der Waals surface area contributed by atoms with Gasteiger partial charge in [-0.1, -0.05) is 23.5 Å². The fourth-order valence-electron chi connectivity index (χ4n) is 2.24. The lowest BCUT2D eigenvalue weighted by Crippen LogP contribution is -2.24. The Morgan fingerprint density at radius 1 is 0.792 bits per heavy atom. The summed E-state index contributed by atoms with van der Waals surface area (Å²) in [7, 11) is 0. The summed E-state index contributed by atoms with van der Waals surface area (Å²) in [6, 6.07) is 7.00. The van der Waals surface area contributed by atoms with E-state index in [1.165, 1.54) is 22.5 Å². The maximum Gasteiger partial charge on any atom is 0.208 e. The van der Waals surface area contributed by atoms with E-state index in [1.807, 2.05) is 0 Å². The zero-order chi connectivity index (χ0) is 17.1. The van der Waals surface area contributed by atoms with Crippen LogP contribution in [0.25, 0.3) is 0 Å². The Bertz CT molecular complexity index is 745. The van der Waals surface area contributed by atoms with E-state index < -0.39 is 23.3 Å². The standard InChI is InChI=1S/C16H11F4N3S/c17-12-3-1-4-13(18)10(12)7-23(16-22-21-9-24-16)8-11-14(19)5-2-6-15(11)20/h1-6,9H,7-8H2. The van der Waals surface area contributed by atoms with Gasteiger partial charge in [-0.15, -0.1) is 10.2 Å². The number of hydrogen-bond donors (Lipinski definition) is 0. The van der Waals surface area contributed by atoms with E-state index >= 15 is 0 Å². The molecule has 0 amide bonds. The molecule has 2 aromatic carbocycles. The van der Waals surface area contributed by atoms with Crippen molar-refractivity contribution in [1.82, 2.24) is 10.2 Å². The van der Waals surface area contributed by atoms with Crippen molar-refractivity contribution in [1.29, 1.82) is 0 Å². The molecule has 0 radical (unpaired) electrons. The van der Waals surface area contributed by atoms with Gasteiger partial charge in [-0.25, -0.2) is 17.6 Å². The van der Waals surface area contributed by atoms with E-state index in [1.54, 1.807) is 0 Å². The van der Waals surface area contributed by atoms with Crippen molar-refractivity contribution in [2.45, 2.75) is 13.1 Å². The second-order valence-electron chi connectivity index (χ2n) is 4.98. The van der Waals surface area contributed by atoms with Gasteiger partial charge >= 0.3 is 0 Å². The van der Waals surface area contributed by atoms with Crippen molar-refractivity contribution in [2.75, 3.05) is 4.90 Å². The Morgan fingerprint density at radius 3 is 1.62 bits per heavy atom. The summed E-state index contributed by atoms with van der Waals surface area (Å²) in [6.07, 6.45) is 0. The number of aromatic nitrogens is 2. The number of hydrogen-bond acceptors (Lipinski definition) is 4. The molecule has 0 bridgehead atoms. The average molecular weight is 353 g/mol. The molecule has 0 fully saturated rings. The van der Waals surface area contributed by atoms with E-state index in [2.05, 4.69) is 10.2 Å². The molecular weight excluding hydrogens is 342 g/mol. The molecule has 3 aromatic rings. The third kappa shape index (κ3) is 3.38. The highest BCUT2D eigenvalue weighted by molar-refractivity contribution is 7.13. The molecule has 0 aliphatic carbocycles. The van der Waals surface area contributed by atoms with Gasteiger partial charge in [0, 0.05) is 11.1 Å². The van der Waals surface area contributed by atoms with E-state index in [9.17, 15) is 17.6 Å². The molecular formula is C16H11F4N3S. The van der Waals surface area contributed by atoms with Crippen LogP contribution >= 0.6 is 11.3 Å². The third-order valence-corrected chi connectivity index (χ3v) is 4.19. The zero-order valence-electron chi connectivity index (χ0n) is 12.2. The van der Waals surface area contributed by atoms with Gasteiger partial charge < -0.3 is 4.90 Å². The van der Waals surface area contributed by atoms with Gasteiger partial charge in [-0.3, -0.25) is 0 Å². The molecule has 8 heteroatoms. The Kier molecular flexibility index (Phi) is 4.75. The Balaban J connectivity index is 1.96. The van der Waals surface area contributed by atoms with Gasteiger partial charge in [0.2, 0.25) is 5.13 Å². The van der Waals surface area contributed by atoms with Crippen LogP contribution in [0.3, 0.4) is 0 Å². The van der Waals surface area contributed by atoms with Crippen molar-refractivity contribution >= 4 is 16.5 Å². The van der Waals surface area contributed by atoms with Crippen LogP contribution in [0.15, 0.2) is 41.9 Å². The van der Waals surface area contributed by atoms with Crippen molar-refractivity contribution in [3.63, 3.8) is 0 Å². The summed E-state index contributed by atoms with van der Waals surface area (Å²) in [5.41, 5.74) is 1.02. The lowest BCUT2D eigenvalue weighted by molar-refractivity contribution is 0.534. The molecule has 0 saturated heterocycles. The summed E-state index contributed by atoms with van der Waals surface area (Å²) in [4.78, 5) is 1.38. The lowest BCUT2D eigenvalue weighted by atomic mass is 10.1. The fourth-order valence-corrected chi connectivity index (χ4v) is 2.81. The third-order valence-electron chi connectivity index (χ3n) is 3.44. The SMILES string of the molecule is Fc1cccc(F)c1CN(Cc1c(F)cccc1F)c1nncs1. The number of rotatable bonds is 5. The molecule has 3 rings (SSSR count). The number of benzene rings is 2. The minimum Gasteiger partial charge on any atom is -0.338 e. The smallest absolute Gasteiger partial charge is 0.208 e. The number of halogens is 4. The molecule has 1 heterocycles. The molecule has 0 aliphatic rings. The Hall–Kier alpha value is -2.48. The number of nitrogens with zero attached hydrogens (tertiary/aromatic N) is 3. The molecule has 0 aliphatic heterocycles. The highest BCUT2D eigenvalue weighted by atomic mass is 32.1. The Morgan fingerprint density at radius 2 is 1.25 bits per heavy atom. The van der Waals surface area contributed by atoms with Crippen LogP contribution in [0.5, 0.6) is 0 Å². The normalized spacial score (nSPS) is 10.8. The van der Waals surface area contributed by atoms with Crippen LogP contribution in [-0.4, -0.2) is 10.2 Å². The van der Waals surface area contributed by atoms with Gasteiger partial charge in [-0.05, 0) is 24.3 Å². The summed E-state index contributed by atoms with van der Waals surface area (Å²) in [5, 5.41) is 7.81. The molecule has 24 heavy (non-hydrogen) atoms. The van der Waals surface area contributed by atoms with Gasteiger partial charge in [0.1, 0.15) is 28.8 Å². The summed E-state index contributed by atoms with van der Waals surface area (Å²) < 4.78 is 55.6. The summed E-state index contributed by atoms with van der Waals surface area (Å²) in [5.74, 6) is -2.95. The maximum atomic E-state index is 13.9. The zero-order valence-corrected chi connectivity index (χ0v) is 13.0.